The van der Waals surface area contributed by atoms with Crippen LogP contribution in [-0.4, -0.2) is 57.1 Å². The minimum atomic E-state index is -4.62. The number of hydrogen-bond acceptors (Lipinski definition) is 8. The molecule has 0 atom stereocenters. The number of hydrogen-bond donors (Lipinski definition) is 0. The number of rotatable bonds is 3. The lowest BCUT2D eigenvalue weighted by Gasteiger charge is -2.32. The largest absolute Gasteiger partial charge is 0.453 e. The van der Waals surface area contributed by atoms with Gasteiger partial charge < -0.3 is 14.3 Å². The molecule has 0 aromatic carbocycles. The van der Waals surface area contributed by atoms with Gasteiger partial charge in [-0.25, -0.2) is 0 Å². The van der Waals surface area contributed by atoms with E-state index in [1.807, 2.05) is 25.9 Å². The van der Waals surface area contributed by atoms with Crippen molar-refractivity contribution in [3.05, 3.63) is 22.8 Å². The van der Waals surface area contributed by atoms with E-state index in [1.165, 1.54) is 0 Å². The Balaban J connectivity index is 1.60. The van der Waals surface area contributed by atoms with Crippen LogP contribution in [0, 0.1) is 13.8 Å². The van der Waals surface area contributed by atoms with Crippen molar-refractivity contribution in [2.75, 3.05) is 37.0 Å². The first-order chi connectivity index (χ1) is 13.7. The van der Waals surface area contributed by atoms with Crippen LogP contribution >= 0.6 is 0 Å². The third kappa shape index (κ3) is 3.36. The topological polar surface area (TPSA) is 88.5 Å². The summed E-state index contributed by atoms with van der Waals surface area (Å²) >= 11 is 0. The quantitative estimate of drug-likeness (QED) is 0.651. The van der Waals surface area contributed by atoms with Crippen molar-refractivity contribution in [2.24, 2.45) is 0 Å². The molecule has 9 nitrogen and oxygen atoms in total. The fraction of sp³-hybridized carbons (Fsp3) is 0.588. The average molecular weight is 410 g/mol. The zero-order chi connectivity index (χ0) is 20.9. The maximum absolute atomic E-state index is 13.3. The zero-order valence-electron chi connectivity index (χ0n) is 16.5. The normalized spacial score (nSPS) is 16.0. The van der Waals surface area contributed by atoms with Gasteiger partial charge in [0, 0.05) is 44.2 Å². The summed E-state index contributed by atoms with van der Waals surface area (Å²) in [5.74, 6) is 0.612. The first-order valence-corrected chi connectivity index (χ1v) is 9.22. The van der Waals surface area contributed by atoms with E-state index in [0.717, 1.165) is 22.9 Å². The van der Waals surface area contributed by atoms with Crippen molar-refractivity contribution in [1.82, 2.24) is 30.0 Å². The zero-order valence-corrected chi connectivity index (χ0v) is 16.5. The van der Waals surface area contributed by atoms with Gasteiger partial charge in [-0.05, 0) is 31.8 Å². The summed E-state index contributed by atoms with van der Waals surface area (Å²) in [6.07, 6.45) is -3.15. The molecule has 4 heterocycles. The van der Waals surface area contributed by atoms with Gasteiger partial charge in [0.05, 0.1) is 0 Å². The number of aromatic nitrogens is 6. The van der Waals surface area contributed by atoms with Crippen molar-refractivity contribution in [3.8, 4) is 0 Å². The second kappa shape index (κ2) is 6.85. The average Bonchev–Trinajstić information content (AvgIpc) is 3.32. The van der Waals surface area contributed by atoms with Gasteiger partial charge in [-0.3, -0.25) is 0 Å². The molecule has 0 radical (unpaired) electrons. The van der Waals surface area contributed by atoms with Crippen LogP contribution < -0.4 is 9.80 Å². The van der Waals surface area contributed by atoms with Crippen LogP contribution in [0.5, 0.6) is 0 Å². The number of anilines is 2. The molecule has 0 amide bonds. The van der Waals surface area contributed by atoms with Crippen LogP contribution in [0.25, 0.3) is 5.65 Å². The van der Waals surface area contributed by atoms with E-state index in [1.54, 1.807) is 11.8 Å². The smallest absolute Gasteiger partial charge is 0.355 e. The number of halogens is 3. The summed E-state index contributed by atoms with van der Waals surface area (Å²) in [6, 6.07) is 0. The molecule has 0 N–H and O–H groups in total. The van der Waals surface area contributed by atoms with E-state index >= 15 is 0 Å². The second-order valence-corrected chi connectivity index (χ2v) is 7.42. The van der Waals surface area contributed by atoms with E-state index < -0.39 is 12.0 Å². The molecule has 156 valence electrons. The van der Waals surface area contributed by atoms with Gasteiger partial charge in [-0.15, -0.1) is 15.3 Å². The molecule has 4 rings (SSSR count). The summed E-state index contributed by atoms with van der Waals surface area (Å²) in [7, 11) is 3.68. The molecule has 1 aliphatic rings. The lowest BCUT2D eigenvalue weighted by molar-refractivity contribution is -0.146. The van der Waals surface area contributed by atoms with Crippen LogP contribution in [0.2, 0.25) is 0 Å². The van der Waals surface area contributed by atoms with Gasteiger partial charge >= 0.3 is 6.18 Å². The molecule has 0 spiro atoms. The molecule has 1 aliphatic heterocycles. The maximum Gasteiger partial charge on any atom is 0.453 e. The Bertz CT molecular complexity index is 1030. The highest BCUT2D eigenvalue weighted by Gasteiger charge is 2.38. The minimum Gasteiger partial charge on any atom is -0.355 e. The van der Waals surface area contributed by atoms with Crippen LogP contribution in [0.15, 0.2) is 4.52 Å². The summed E-state index contributed by atoms with van der Waals surface area (Å²) in [6.45, 7) is 4.81. The molecule has 3 aromatic rings. The number of alkyl halides is 3. The Kier molecular flexibility index (Phi) is 4.58. The summed E-state index contributed by atoms with van der Waals surface area (Å²) in [5.41, 5.74) is 1.55. The van der Waals surface area contributed by atoms with Crippen molar-refractivity contribution < 1.29 is 17.7 Å². The molecule has 0 unspecified atom stereocenters. The fourth-order valence-corrected chi connectivity index (χ4v) is 3.50. The Labute approximate surface area is 164 Å². The Hall–Kier alpha value is -2.92. The Morgan fingerprint density at radius 2 is 1.76 bits per heavy atom. The lowest BCUT2D eigenvalue weighted by atomic mass is 9.96. The minimum absolute atomic E-state index is 0.109. The van der Waals surface area contributed by atoms with Gasteiger partial charge in [0.25, 0.3) is 11.8 Å². The highest BCUT2D eigenvalue weighted by Crippen LogP contribution is 2.33. The van der Waals surface area contributed by atoms with Gasteiger partial charge in [-0.2, -0.15) is 22.7 Å². The predicted molar refractivity (Wildman–Crippen MR) is 98.1 cm³/mol. The van der Waals surface area contributed by atoms with Crippen molar-refractivity contribution in [3.63, 3.8) is 0 Å². The number of aryl methyl sites for hydroxylation is 1. The number of fused-ring (bicyclic) bond motifs is 1. The molecule has 29 heavy (non-hydrogen) atoms. The predicted octanol–water partition coefficient (Wildman–Crippen LogP) is 2.59. The van der Waals surface area contributed by atoms with E-state index in [-0.39, 0.29) is 11.6 Å². The highest BCUT2D eigenvalue weighted by atomic mass is 19.4. The van der Waals surface area contributed by atoms with E-state index in [9.17, 15) is 13.2 Å². The molecule has 0 saturated carbocycles. The van der Waals surface area contributed by atoms with Gasteiger partial charge in [0.2, 0.25) is 5.89 Å². The van der Waals surface area contributed by atoms with Crippen LogP contribution in [0.4, 0.5) is 24.9 Å². The molecule has 1 fully saturated rings. The second-order valence-electron chi connectivity index (χ2n) is 7.42. The fourth-order valence-electron chi connectivity index (χ4n) is 3.50. The van der Waals surface area contributed by atoms with Crippen molar-refractivity contribution >= 4 is 17.4 Å². The Morgan fingerprint density at radius 1 is 1.07 bits per heavy atom. The molecule has 3 aromatic heterocycles. The maximum atomic E-state index is 13.3. The van der Waals surface area contributed by atoms with Crippen LogP contribution in [0.1, 0.15) is 41.6 Å². The van der Waals surface area contributed by atoms with E-state index in [0.29, 0.717) is 36.3 Å². The monoisotopic (exact) mass is 410 g/mol. The van der Waals surface area contributed by atoms with Crippen molar-refractivity contribution in [2.45, 2.75) is 38.8 Å². The highest BCUT2D eigenvalue weighted by molar-refractivity contribution is 5.59. The third-order valence-electron chi connectivity index (χ3n) is 5.30. The third-order valence-corrected chi connectivity index (χ3v) is 5.30. The van der Waals surface area contributed by atoms with Crippen LogP contribution in [-0.2, 0) is 6.18 Å². The summed E-state index contributed by atoms with van der Waals surface area (Å²) in [4.78, 5) is 8.16. The van der Waals surface area contributed by atoms with Crippen molar-refractivity contribution in [1.29, 1.82) is 0 Å². The summed E-state index contributed by atoms with van der Waals surface area (Å²) < 4.78 is 45.9. The SMILES string of the molecule is Cc1c(N2CCC(c3nc(N(C)C)no3)CC2)nn2c(C(F)(F)F)nnc2c1C. The Morgan fingerprint density at radius 3 is 2.34 bits per heavy atom. The van der Waals surface area contributed by atoms with Gasteiger partial charge in [-0.1, -0.05) is 0 Å². The van der Waals surface area contributed by atoms with Crippen LogP contribution in [0.3, 0.4) is 0 Å². The molecule has 1 saturated heterocycles. The summed E-state index contributed by atoms with van der Waals surface area (Å²) in [5, 5.41) is 15.2. The van der Waals surface area contributed by atoms with Gasteiger partial charge in [0.1, 0.15) is 0 Å². The molecule has 12 heteroatoms. The van der Waals surface area contributed by atoms with Gasteiger partial charge in [0.15, 0.2) is 11.5 Å². The molecule has 0 aliphatic carbocycles. The standard InChI is InChI=1S/C17H21F3N8O/c1-9-10(2)13(24-28-12(9)22-23-15(28)17(18,19)20)27-7-5-11(6-8-27)14-21-16(25-29-14)26(3)4/h11H,5-8H2,1-4H3. The number of piperidine rings is 1. The van der Waals surface area contributed by atoms with E-state index in [2.05, 4.69) is 25.4 Å². The first-order valence-electron chi connectivity index (χ1n) is 9.22. The lowest BCUT2D eigenvalue weighted by Crippen LogP contribution is -2.35. The first kappa shape index (κ1) is 19.4. The molecule has 0 bridgehead atoms. The molecular formula is C17H21F3N8O. The molecular weight excluding hydrogens is 389 g/mol. The number of nitrogens with zero attached hydrogens (tertiary/aromatic N) is 8. The van der Waals surface area contributed by atoms with E-state index in [4.69, 9.17) is 4.52 Å².